The average Bonchev–Trinajstić information content (AvgIpc) is 3.20. The Labute approximate surface area is 216 Å². The minimum Gasteiger partial charge on any atom is -0.353 e. The number of allylic oxidation sites excluding steroid dienone is 5. The summed E-state index contributed by atoms with van der Waals surface area (Å²) in [5.74, 6) is 4.44. The molecule has 0 aromatic carbocycles. The lowest BCUT2D eigenvalue weighted by atomic mass is 9.50. The van der Waals surface area contributed by atoms with Gasteiger partial charge in [0.2, 0.25) is 0 Å². The third-order valence-corrected chi connectivity index (χ3v) is 11.5. The Balaban J connectivity index is 1.30. The maximum absolute atomic E-state index is 6.45. The summed E-state index contributed by atoms with van der Waals surface area (Å²) in [6, 6.07) is 0. The fraction of sp³-hybridized carbons (Fsp3) is 0.818. The lowest BCUT2D eigenvalue weighted by Crippen LogP contribution is -2.47. The fourth-order valence-electron chi connectivity index (χ4n) is 8.73. The fourth-order valence-corrected chi connectivity index (χ4v) is 8.73. The molecule has 1 heterocycles. The van der Waals surface area contributed by atoms with Crippen molar-refractivity contribution in [3.8, 4) is 0 Å². The molecule has 0 aromatic rings. The second-order valence-corrected chi connectivity index (χ2v) is 13.8. The predicted molar refractivity (Wildman–Crippen MR) is 146 cm³/mol. The molecule has 9 atom stereocenters. The van der Waals surface area contributed by atoms with Crippen LogP contribution in [0.2, 0.25) is 0 Å². The highest BCUT2D eigenvalue weighted by Crippen LogP contribution is 2.66. The van der Waals surface area contributed by atoms with E-state index >= 15 is 0 Å². The first-order chi connectivity index (χ1) is 16.7. The van der Waals surface area contributed by atoms with Crippen LogP contribution in [0.1, 0.15) is 106 Å². The van der Waals surface area contributed by atoms with Crippen LogP contribution in [0.3, 0.4) is 0 Å². The van der Waals surface area contributed by atoms with E-state index in [-0.39, 0.29) is 6.29 Å². The van der Waals surface area contributed by atoms with Gasteiger partial charge in [-0.25, -0.2) is 0 Å². The van der Waals surface area contributed by atoms with Gasteiger partial charge in [0.1, 0.15) is 0 Å². The van der Waals surface area contributed by atoms with E-state index in [2.05, 4.69) is 65.8 Å². The van der Waals surface area contributed by atoms with Crippen molar-refractivity contribution >= 4 is 0 Å². The second-order valence-electron chi connectivity index (χ2n) is 13.8. The summed E-state index contributed by atoms with van der Waals surface area (Å²) in [6.07, 6.45) is 23.3. The first-order valence-corrected chi connectivity index (χ1v) is 15.1. The van der Waals surface area contributed by atoms with Crippen LogP contribution in [0.15, 0.2) is 35.5 Å². The summed E-state index contributed by atoms with van der Waals surface area (Å²) in [6.45, 7) is 15.7. The molecule has 4 aliphatic carbocycles. The van der Waals surface area contributed by atoms with Crippen molar-refractivity contribution in [2.45, 2.75) is 118 Å². The van der Waals surface area contributed by atoms with Crippen LogP contribution in [0.4, 0.5) is 0 Å². The van der Waals surface area contributed by atoms with Gasteiger partial charge in [-0.3, -0.25) is 0 Å². The zero-order valence-electron chi connectivity index (χ0n) is 23.5. The molecular formula is C33H52O2. The zero-order valence-corrected chi connectivity index (χ0v) is 23.5. The van der Waals surface area contributed by atoms with Crippen LogP contribution in [-0.2, 0) is 9.47 Å². The number of ether oxygens (including phenoxy) is 2. The van der Waals surface area contributed by atoms with Crippen molar-refractivity contribution < 1.29 is 9.47 Å². The Morgan fingerprint density at radius 3 is 2.49 bits per heavy atom. The Kier molecular flexibility index (Phi) is 7.46. The Hall–Kier alpha value is -0.860. The molecule has 0 amide bonds. The monoisotopic (exact) mass is 480 g/mol. The molecular weight excluding hydrogens is 428 g/mol. The largest absolute Gasteiger partial charge is 0.353 e. The molecule has 0 bridgehead atoms. The van der Waals surface area contributed by atoms with E-state index in [1.54, 1.807) is 5.57 Å². The predicted octanol–water partition coefficient (Wildman–Crippen LogP) is 8.88. The van der Waals surface area contributed by atoms with E-state index in [0.717, 1.165) is 43.1 Å². The zero-order chi connectivity index (χ0) is 24.8. The molecule has 4 fully saturated rings. The molecule has 0 spiro atoms. The van der Waals surface area contributed by atoms with E-state index in [0.29, 0.717) is 28.8 Å². The lowest BCUT2D eigenvalue weighted by Gasteiger charge is -2.55. The summed E-state index contributed by atoms with van der Waals surface area (Å²) in [7, 11) is 0. The summed E-state index contributed by atoms with van der Waals surface area (Å²) < 4.78 is 12.4. The quantitative estimate of drug-likeness (QED) is 0.353. The summed E-state index contributed by atoms with van der Waals surface area (Å²) in [5, 5.41) is 0. The van der Waals surface area contributed by atoms with Crippen molar-refractivity contribution in [1.82, 2.24) is 0 Å². The maximum atomic E-state index is 6.45. The molecule has 0 N–H and O–H groups in total. The summed E-state index contributed by atoms with van der Waals surface area (Å²) in [4.78, 5) is 0. The van der Waals surface area contributed by atoms with Crippen LogP contribution in [0, 0.1) is 46.3 Å². The lowest BCUT2D eigenvalue weighted by molar-refractivity contribution is -0.193. The Morgan fingerprint density at radius 1 is 0.914 bits per heavy atom. The number of fused-ring (bicyclic) bond motifs is 5. The first-order valence-electron chi connectivity index (χ1n) is 15.1. The van der Waals surface area contributed by atoms with E-state index in [1.165, 1.54) is 51.4 Å². The van der Waals surface area contributed by atoms with Crippen LogP contribution in [-0.4, -0.2) is 19.0 Å². The minimum absolute atomic E-state index is 0.0405. The van der Waals surface area contributed by atoms with Gasteiger partial charge in [0, 0.05) is 6.61 Å². The van der Waals surface area contributed by atoms with E-state index in [9.17, 15) is 0 Å². The molecule has 5 rings (SSSR count). The Bertz CT molecular complexity index is 845. The first kappa shape index (κ1) is 25.8. The standard InChI is InChI=1S/C33H52O2/c1-22(2)23(3)10-11-24(4)28-14-15-29-27-13-12-25-21-26(35-31-9-7-8-20-34-31)16-18-32(25,5)30(27)17-19-33(28,29)6/h10-13,22-24,26,28-31H,7-9,14-21H2,1-6H3/b11-10+/t23-,24+,26-,28+,29-,30?,31?,32-,33+/m0/s1. The van der Waals surface area contributed by atoms with Crippen molar-refractivity contribution in [3.63, 3.8) is 0 Å². The SMILES string of the molecule is CC(C)[C@@H](C)/C=C/[C@@H](C)[C@H]1CC[C@H]2C3=CC=C4C[C@@H](OC5CCCCO5)CC[C@]4(C)C3CC[C@]12C. The van der Waals surface area contributed by atoms with Crippen LogP contribution >= 0.6 is 0 Å². The minimum atomic E-state index is 0.0405. The van der Waals surface area contributed by atoms with Gasteiger partial charge in [-0.2, -0.15) is 0 Å². The molecule has 2 heteroatoms. The van der Waals surface area contributed by atoms with Crippen LogP contribution in [0.5, 0.6) is 0 Å². The highest BCUT2D eigenvalue weighted by molar-refractivity contribution is 5.39. The van der Waals surface area contributed by atoms with E-state index in [4.69, 9.17) is 9.47 Å². The molecule has 3 saturated carbocycles. The molecule has 35 heavy (non-hydrogen) atoms. The molecule has 2 nitrogen and oxygen atoms in total. The number of rotatable bonds is 6. The van der Waals surface area contributed by atoms with Gasteiger partial charge in [0.25, 0.3) is 0 Å². The summed E-state index contributed by atoms with van der Waals surface area (Å²) in [5.41, 5.74) is 4.28. The molecule has 196 valence electrons. The van der Waals surface area contributed by atoms with Gasteiger partial charge >= 0.3 is 0 Å². The normalized spacial score (nSPS) is 43.2. The Morgan fingerprint density at radius 2 is 1.74 bits per heavy atom. The van der Waals surface area contributed by atoms with Gasteiger partial charge in [-0.05, 0) is 111 Å². The molecule has 2 unspecified atom stereocenters. The molecule has 1 saturated heterocycles. The molecule has 1 aliphatic heterocycles. The third-order valence-electron chi connectivity index (χ3n) is 11.5. The van der Waals surface area contributed by atoms with Crippen LogP contribution in [0.25, 0.3) is 0 Å². The highest BCUT2D eigenvalue weighted by atomic mass is 16.7. The van der Waals surface area contributed by atoms with Crippen molar-refractivity contribution in [2.24, 2.45) is 46.3 Å². The highest BCUT2D eigenvalue weighted by Gasteiger charge is 2.56. The smallest absolute Gasteiger partial charge is 0.157 e. The number of hydrogen-bond acceptors (Lipinski definition) is 2. The second kappa shape index (κ2) is 10.1. The van der Waals surface area contributed by atoms with Gasteiger partial charge in [0.15, 0.2) is 6.29 Å². The number of hydrogen-bond donors (Lipinski definition) is 0. The topological polar surface area (TPSA) is 18.5 Å². The summed E-state index contributed by atoms with van der Waals surface area (Å²) >= 11 is 0. The third kappa shape index (κ3) is 4.76. The average molecular weight is 481 g/mol. The molecule has 0 aromatic heterocycles. The van der Waals surface area contributed by atoms with Crippen molar-refractivity contribution in [2.75, 3.05) is 6.61 Å². The molecule has 5 aliphatic rings. The van der Waals surface area contributed by atoms with Gasteiger partial charge in [0.05, 0.1) is 6.10 Å². The maximum Gasteiger partial charge on any atom is 0.157 e. The van der Waals surface area contributed by atoms with Crippen molar-refractivity contribution in [1.29, 1.82) is 0 Å². The van der Waals surface area contributed by atoms with Gasteiger partial charge in [-0.15, -0.1) is 0 Å². The van der Waals surface area contributed by atoms with E-state index in [1.807, 2.05) is 5.57 Å². The molecule has 0 radical (unpaired) electrons. The van der Waals surface area contributed by atoms with Gasteiger partial charge in [-0.1, -0.05) is 77.0 Å². The van der Waals surface area contributed by atoms with E-state index < -0.39 is 0 Å². The van der Waals surface area contributed by atoms with Crippen LogP contribution < -0.4 is 0 Å². The van der Waals surface area contributed by atoms with Gasteiger partial charge < -0.3 is 9.47 Å². The van der Waals surface area contributed by atoms with Crippen molar-refractivity contribution in [3.05, 3.63) is 35.5 Å².